The number of allylic oxidation sites excluding steroid dienone is 2. The Labute approximate surface area is 785 Å². The Morgan fingerprint density at radius 1 is 0.299 bits per heavy atom. The van der Waals surface area contributed by atoms with Gasteiger partial charge in [-0.25, -0.2) is 0 Å². The van der Waals surface area contributed by atoms with Gasteiger partial charge in [-0.3, -0.25) is 0 Å². The van der Waals surface area contributed by atoms with Crippen molar-refractivity contribution in [3.8, 4) is 135 Å². The first-order valence-corrected chi connectivity index (χ1v) is 55.9. The third kappa shape index (κ3) is 22.2. The van der Waals surface area contributed by atoms with Crippen molar-refractivity contribution in [2.75, 3.05) is 26.4 Å². The van der Waals surface area contributed by atoms with Gasteiger partial charge in [0.1, 0.15) is 46.0 Å². The summed E-state index contributed by atoms with van der Waals surface area (Å²) in [7, 11) is 19.7. The van der Waals surface area contributed by atoms with Crippen LogP contribution >= 0.6 is 34.1 Å². The van der Waals surface area contributed by atoms with E-state index in [4.69, 9.17) is 53.0 Å². The van der Waals surface area contributed by atoms with Crippen LogP contribution in [0.2, 0.25) is 0 Å². The van der Waals surface area contributed by atoms with E-state index in [2.05, 4.69) is 214 Å². The molecule has 0 saturated carbocycles. The molecular formula is C113H106Cl4O8Zr2. The Hall–Kier alpha value is -10.6. The molecule has 0 amide bonds. The first-order valence-electron chi connectivity index (χ1n) is 43.2. The number of phenolic OH excluding ortho intramolecular Hbond substituents is 4. The van der Waals surface area contributed by atoms with Crippen molar-refractivity contribution < 1.29 is 81.1 Å². The quantitative estimate of drug-likeness (QED) is 0.0271. The molecule has 0 aliphatic heterocycles. The summed E-state index contributed by atoms with van der Waals surface area (Å²) in [6.07, 6.45) is 10.4. The predicted octanol–water partition coefficient (Wildman–Crippen LogP) is 32.3. The molecule has 14 heteroatoms. The number of aryl methyl sites for hydroxylation is 8. The molecule has 16 aromatic carbocycles. The molecule has 642 valence electrons. The number of ether oxygens (including phenoxy) is 4. The summed E-state index contributed by atoms with van der Waals surface area (Å²) >= 11 is -1.65. The summed E-state index contributed by atoms with van der Waals surface area (Å²) in [4.78, 5) is 0. The third-order valence-electron chi connectivity index (χ3n) is 23.7. The van der Waals surface area contributed by atoms with Crippen LogP contribution in [0.5, 0.6) is 46.0 Å². The predicted molar refractivity (Wildman–Crippen MR) is 529 cm³/mol. The Morgan fingerprint density at radius 2 is 0.567 bits per heavy atom. The van der Waals surface area contributed by atoms with Crippen LogP contribution in [-0.4, -0.2) is 46.9 Å². The number of rotatable bonds is 29. The van der Waals surface area contributed by atoms with E-state index in [-0.39, 0.29) is 34.8 Å². The van der Waals surface area contributed by atoms with Crippen LogP contribution in [0.1, 0.15) is 90.5 Å². The number of aromatic hydroxyl groups is 4. The number of para-hydroxylation sites is 4. The fourth-order valence-corrected chi connectivity index (χ4v) is 17.2. The van der Waals surface area contributed by atoms with Gasteiger partial charge in [0.05, 0.1) is 26.4 Å². The molecular weight excluding hydrogens is 1810 g/mol. The summed E-state index contributed by atoms with van der Waals surface area (Å²) in [5.41, 5.74) is 22.4. The number of unbranched alkanes of at least 4 members (excludes halogenated alkanes) is 2. The second-order valence-electron chi connectivity index (χ2n) is 32.4. The van der Waals surface area contributed by atoms with Gasteiger partial charge in [-0.15, -0.1) is 13.2 Å². The molecule has 4 N–H and O–H groups in total. The van der Waals surface area contributed by atoms with Crippen LogP contribution in [0.4, 0.5) is 0 Å². The van der Waals surface area contributed by atoms with Crippen LogP contribution in [0.25, 0.3) is 132 Å². The summed E-state index contributed by atoms with van der Waals surface area (Å²) in [5, 5.41) is 57.1. The summed E-state index contributed by atoms with van der Waals surface area (Å²) in [6.45, 7) is 26.5. The third-order valence-corrected chi connectivity index (χ3v) is 23.7. The first kappa shape index (κ1) is 94.0. The van der Waals surface area contributed by atoms with Crippen molar-refractivity contribution >= 4 is 77.1 Å². The molecule has 2 unspecified atom stereocenters. The van der Waals surface area contributed by atoms with E-state index in [1.54, 1.807) is 0 Å². The van der Waals surface area contributed by atoms with Crippen LogP contribution in [0.3, 0.4) is 0 Å². The van der Waals surface area contributed by atoms with E-state index < -0.39 is 41.7 Å². The molecule has 0 saturated heterocycles. The summed E-state index contributed by atoms with van der Waals surface area (Å²) in [5.74, 6) is 3.63. The van der Waals surface area contributed by atoms with Crippen molar-refractivity contribution in [1.29, 1.82) is 0 Å². The molecule has 2 atom stereocenters. The summed E-state index contributed by atoms with van der Waals surface area (Å²) in [6, 6.07) is 99.0. The monoisotopic (exact) mass is 1910 g/mol. The average Bonchev–Trinajstić information content (AvgIpc) is 0.777. The van der Waals surface area contributed by atoms with E-state index >= 15 is 0 Å². The number of phenols is 4. The van der Waals surface area contributed by atoms with Gasteiger partial charge in [-0.2, -0.15) is 0 Å². The van der Waals surface area contributed by atoms with E-state index in [0.29, 0.717) is 67.8 Å². The Kier molecular flexibility index (Phi) is 33.6. The normalized spacial score (nSPS) is 11.5. The first-order chi connectivity index (χ1) is 61.8. The van der Waals surface area contributed by atoms with Crippen LogP contribution in [0.15, 0.2) is 316 Å². The van der Waals surface area contributed by atoms with E-state index in [1.807, 2.05) is 158 Å². The van der Waals surface area contributed by atoms with Crippen LogP contribution in [0, 0.1) is 53.4 Å². The Balaban J connectivity index is 0.000000205. The molecule has 8 nitrogen and oxygen atoms in total. The Bertz CT molecular complexity index is 6580. The fraction of sp³-hybridized carbons (Fsp3) is 0.186. The van der Waals surface area contributed by atoms with Gasteiger partial charge in [0.15, 0.2) is 0 Å². The number of benzene rings is 16. The zero-order valence-electron chi connectivity index (χ0n) is 73.1. The molecule has 16 aromatic rings. The number of halogens is 4. The maximum atomic E-state index is 12.2. The topological polar surface area (TPSA) is 118 Å². The van der Waals surface area contributed by atoms with Crippen molar-refractivity contribution in [2.24, 2.45) is 11.8 Å². The van der Waals surface area contributed by atoms with Crippen molar-refractivity contribution in [2.45, 2.75) is 100 Å². The second-order valence-corrected chi connectivity index (χ2v) is 39.8. The molecule has 0 fully saturated rings. The van der Waals surface area contributed by atoms with E-state index in [1.165, 1.54) is 5.56 Å². The van der Waals surface area contributed by atoms with Crippen LogP contribution in [-0.2, 0) is 54.5 Å². The van der Waals surface area contributed by atoms with Crippen molar-refractivity contribution in [3.05, 3.63) is 361 Å². The van der Waals surface area contributed by atoms with Crippen molar-refractivity contribution in [1.82, 2.24) is 0 Å². The SMILES string of the molecule is C=CCC(COc1ccc(C)cc1-c1cccc(-c2c(C)ccc3ccccc23)c1O)COc1ccc(CC)cc1-c1cccc(-c2c(C)ccc3ccccc23)c1O.C=CCC(COc1ccc(C)cc1-c1cccc(-c2c(C)ccc3ccccc23)c1O)COc1ccc(CCCCC)cc1-c1cccc(-c2c(C)ccc3ccccc23)c1O.[Cl][Zr][Cl].[Cl][Zr][Cl]. The van der Waals surface area contributed by atoms with Gasteiger partial charge in [0, 0.05) is 78.6 Å². The van der Waals surface area contributed by atoms with Crippen molar-refractivity contribution in [3.63, 3.8) is 0 Å². The molecule has 16 rings (SSSR count). The molecule has 0 aliphatic rings. The standard InChI is InChI=1S/C58H56O4.C55H50O4.4ClH.2Zr/c1-6-8-9-17-41-29-33-54(52(35-41)48-23-15-25-50(58(48)60)56-40(5)28-31-44-19-11-13-21-46(44)56)62-37-42(16-7-2)36-61-53-32-26-38(3)34-51(53)47-22-14-24-49(57(47)59)55-39(4)27-30-43-18-10-12-20-45(43)55;1-6-14-39(33-58-50-29-23-35(3)31-48(50)44-19-12-21-46(54(44)56)52-36(4)24-27-40-15-8-10-17-42(40)52)34-59-51-30-26-38(7-2)32-49(51)45-20-13-22-47(55(45)57)53-37(5)25-28-41-16-9-11-18-43(41)53;;;;;;/h7,10-15,18-35,42,59-60H,2,6,8-9,16-17,36-37H2,1,3-5H3;6,8-13,15-32,39,56-57H,1,7,14,33-34H2,2-5H3;4*1H;;/q;;;;;;2*+2/p-4. The molecule has 0 bridgehead atoms. The second kappa shape index (κ2) is 45.4. The fourth-order valence-electron chi connectivity index (χ4n) is 17.2. The zero-order valence-corrected chi connectivity index (χ0v) is 81.1. The van der Waals surface area contributed by atoms with Gasteiger partial charge >= 0.3 is 75.7 Å². The average molecular weight is 1920 g/mol. The maximum absolute atomic E-state index is 12.2. The van der Waals surface area contributed by atoms with Gasteiger partial charge in [-0.05, 0) is 221 Å². The number of fused-ring (bicyclic) bond motifs is 4. The zero-order chi connectivity index (χ0) is 89.6. The molecule has 0 spiro atoms. The molecule has 0 aromatic heterocycles. The number of hydrogen-bond donors (Lipinski definition) is 4. The van der Waals surface area contributed by atoms with Crippen LogP contribution < -0.4 is 18.9 Å². The Morgan fingerprint density at radius 3 is 0.858 bits per heavy atom. The van der Waals surface area contributed by atoms with E-state index in [9.17, 15) is 20.4 Å². The molecule has 0 aliphatic carbocycles. The minimum atomic E-state index is -0.826. The molecule has 0 radical (unpaired) electrons. The van der Waals surface area contributed by atoms with Gasteiger partial charge in [0.2, 0.25) is 0 Å². The summed E-state index contributed by atoms with van der Waals surface area (Å²) < 4.78 is 26.8. The molecule has 0 heterocycles. The van der Waals surface area contributed by atoms with Gasteiger partial charge in [-0.1, -0.05) is 293 Å². The van der Waals surface area contributed by atoms with E-state index in [0.717, 1.165) is 198 Å². The minimum absolute atomic E-state index is 0.0307. The van der Waals surface area contributed by atoms with Gasteiger partial charge in [0.25, 0.3) is 0 Å². The number of hydrogen-bond acceptors (Lipinski definition) is 8. The molecule has 127 heavy (non-hydrogen) atoms. The van der Waals surface area contributed by atoms with Gasteiger partial charge < -0.3 is 39.4 Å².